The maximum Gasteiger partial charge on any atom is 0.259 e. The average molecular weight is 406 g/mol. The van der Waals surface area contributed by atoms with Crippen molar-refractivity contribution < 1.29 is 14.3 Å². The molecule has 0 spiro atoms. The van der Waals surface area contributed by atoms with Gasteiger partial charge < -0.3 is 10.1 Å². The third-order valence-electron chi connectivity index (χ3n) is 3.22. The Hall–Kier alpha value is -2.83. The summed E-state index contributed by atoms with van der Waals surface area (Å²) < 4.78 is 5.41. The van der Waals surface area contributed by atoms with E-state index in [2.05, 4.69) is 22.4 Å². The molecule has 0 radical (unpaired) electrons. The van der Waals surface area contributed by atoms with E-state index in [0.717, 1.165) is 5.56 Å². The smallest absolute Gasteiger partial charge is 0.259 e. The Morgan fingerprint density at radius 3 is 2.70 bits per heavy atom. The molecule has 2 rings (SSSR count). The lowest BCUT2D eigenvalue weighted by molar-refractivity contribution is -0.120. The summed E-state index contributed by atoms with van der Waals surface area (Å²) in [6.45, 7) is 3.74. The van der Waals surface area contributed by atoms with Crippen LogP contribution in [0, 0.1) is 0 Å². The zero-order valence-corrected chi connectivity index (χ0v) is 15.8. The van der Waals surface area contributed by atoms with Crippen molar-refractivity contribution in [2.75, 3.05) is 13.2 Å². The molecular formula is C19H17Cl2N3O3. The first-order valence-corrected chi connectivity index (χ1v) is 8.64. The van der Waals surface area contributed by atoms with Crippen LogP contribution in [0.3, 0.4) is 0 Å². The number of nitrogens with zero attached hydrogens (tertiary/aromatic N) is 1. The number of amides is 2. The summed E-state index contributed by atoms with van der Waals surface area (Å²) in [6.07, 6.45) is 3.12. The zero-order valence-electron chi connectivity index (χ0n) is 14.2. The molecule has 0 aliphatic rings. The second-order valence-electron chi connectivity index (χ2n) is 5.28. The molecule has 0 aromatic heterocycles. The number of nitrogens with one attached hydrogen (secondary N) is 2. The molecule has 0 saturated carbocycles. The van der Waals surface area contributed by atoms with E-state index in [9.17, 15) is 9.59 Å². The van der Waals surface area contributed by atoms with Crippen molar-refractivity contribution in [1.29, 1.82) is 0 Å². The molecule has 2 amide bonds. The van der Waals surface area contributed by atoms with E-state index in [0.29, 0.717) is 22.9 Å². The first-order chi connectivity index (χ1) is 13.0. The second-order valence-corrected chi connectivity index (χ2v) is 6.09. The van der Waals surface area contributed by atoms with Crippen molar-refractivity contribution >= 4 is 41.2 Å². The van der Waals surface area contributed by atoms with Gasteiger partial charge in [0.1, 0.15) is 12.4 Å². The zero-order chi connectivity index (χ0) is 19.6. The maximum atomic E-state index is 12.0. The minimum Gasteiger partial charge on any atom is -0.490 e. The molecule has 2 aromatic carbocycles. The molecule has 0 bridgehead atoms. The Labute approximate surface area is 166 Å². The Bertz CT molecular complexity index is 869. The van der Waals surface area contributed by atoms with E-state index in [1.165, 1.54) is 24.4 Å². The quantitative estimate of drug-likeness (QED) is 0.401. The van der Waals surface area contributed by atoms with E-state index in [1.54, 1.807) is 24.3 Å². The van der Waals surface area contributed by atoms with Crippen molar-refractivity contribution in [3.63, 3.8) is 0 Å². The Morgan fingerprint density at radius 1 is 1.15 bits per heavy atom. The van der Waals surface area contributed by atoms with Crippen LogP contribution in [0.1, 0.15) is 15.9 Å². The number of benzene rings is 2. The van der Waals surface area contributed by atoms with Crippen LogP contribution in [0.5, 0.6) is 5.75 Å². The predicted molar refractivity (Wildman–Crippen MR) is 107 cm³/mol. The van der Waals surface area contributed by atoms with Crippen LogP contribution in [0.25, 0.3) is 0 Å². The minimum absolute atomic E-state index is 0.237. The molecule has 0 heterocycles. The maximum absolute atomic E-state index is 12.0. The van der Waals surface area contributed by atoms with Crippen molar-refractivity contribution in [3.8, 4) is 5.75 Å². The van der Waals surface area contributed by atoms with Crippen LogP contribution in [-0.4, -0.2) is 31.2 Å². The molecule has 0 unspecified atom stereocenters. The number of rotatable bonds is 8. The second kappa shape index (κ2) is 10.4. The highest BCUT2D eigenvalue weighted by atomic mass is 35.5. The fraction of sp³-hybridized carbons (Fsp3) is 0.105. The van der Waals surface area contributed by atoms with Crippen LogP contribution >= 0.6 is 23.2 Å². The summed E-state index contributed by atoms with van der Waals surface area (Å²) in [5.74, 6) is -0.252. The number of halogens is 2. The van der Waals surface area contributed by atoms with Crippen LogP contribution in [0.15, 0.2) is 60.2 Å². The molecule has 8 heteroatoms. The monoisotopic (exact) mass is 405 g/mol. The number of carbonyl (C=O) groups excluding carboxylic acids is 2. The van der Waals surface area contributed by atoms with E-state index in [4.69, 9.17) is 27.9 Å². The van der Waals surface area contributed by atoms with Crippen molar-refractivity contribution in [3.05, 3.63) is 76.3 Å². The largest absolute Gasteiger partial charge is 0.490 e. The molecule has 6 nitrogen and oxygen atoms in total. The number of hydrogen-bond acceptors (Lipinski definition) is 4. The summed E-state index contributed by atoms with van der Waals surface area (Å²) in [4.78, 5) is 23.8. The summed E-state index contributed by atoms with van der Waals surface area (Å²) in [6, 6.07) is 11.6. The van der Waals surface area contributed by atoms with Crippen molar-refractivity contribution in [1.82, 2.24) is 10.7 Å². The number of ether oxygens (including phenoxy) is 1. The van der Waals surface area contributed by atoms with Crippen molar-refractivity contribution in [2.24, 2.45) is 5.10 Å². The molecule has 27 heavy (non-hydrogen) atoms. The lowest BCUT2D eigenvalue weighted by Gasteiger charge is -2.05. The number of hydrazone groups is 1. The van der Waals surface area contributed by atoms with Crippen LogP contribution in [-0.2, 0) is 4.79 Å². The molecule has 0 saturated heterocycles. The average Bonchev–Trinajstić information content (AvgIpc) is 2.67. The highest BCUT2D eigenvalue weighted by Crippen LogP contribution is 2.22. The SMILES string of the molecule is C=CCOc1cccc(/C=N\NC(=O)CNC(=O)c2ccc(Cl)c(Cl)c2)c1. The normalized spacial score (nSPS) is 10.4. The third kappa shape index (κ3) is 6.77. The fourth-order valence-corrected chi connectivity index (χ4v) is 2.26. The van der Waals surface area contributed by atoms with Gasteiger partial charge in [0.2, 0.25) is 0 Å². The fourth-order valence-electron chi connectivity index (χ4n) is 1.96. The summed E-state index contributed by atoms with van der Waals surface area (Å²) in [7, 11) is 0. The molecule has 0 aliphatic carbocycles. The van der Waals surface area contributed by atoms with Gasteiger partial charge in [0, 0.05) is 5.56 Å². The third-order valence-corrected chi connectivity index (χ3v) is 3.96. The molecule has 0 fully saturated rings. The van der Waals surface area contributed by atoms with Crippen LogP contribution in [0.4, 0.5) is 0 Å². The lowest BCUT2D eigenvalue weighted by Crippen LogP contribution is -2.34. The Kier molecular flexibility index (Phi) is 7.85. The Balaban J connectivity index is 1.81. The van der Waals surface area contributed by atoms with E-state index in [1.807, 2.05) is 6.07 Å². The summed E-state index contributed by atoms with van der Waals surface area (Å²) in [5, 5.41) is 6.93. The van der Waals surface area contributed by atoms with Gasteiger partial charge in [-0.15, -0.1) is 0 Å². The van der Waals surface area contributed by atoms with E-state index >= 15 is 0 Å². The van der Waals surface area contributed by atoms with Gasteiger partial charge in [-0.05, 0) is 35.9 Å². The van der Waals surface area contributed by atoms with Gasteiger partial charge in [0.05, 0.1) is 22.8 Å². The van der Waals surface area contributed by atoms with E-state index in [-0.39, 0.29) is 11.6 Å². The van der Waals surface area contributed by atoms with Gasteiger partial charge in [-0.25, -0.2) is 5.43 Å². The first kappa shape index (κ1) is 20.5. The van der Waals surface area contributed by atoms with E-state index < -0.39 is 11.8 Å². The molecule has 2 N–H and O–H groups in total. The molecule has 2 aromatic rings. The standard InChI is InChI=1S/C19H17Cl2N3O3/c1-2-8-27-15-5-3-4-13(9-15)11-23-24-18(25)12-22-19(26)14-6-7-16(20)17(21)10-14/h2-7,9-11H,1,8,12H2,(H,22,26)(H,24,25)/b23-11-. The highest BCUT2D eigenvalue weighted by Gasteiger charge is 2.09. The van der Waals surface area contributed by atoms with Crippen molar-refractivity contribution in [2.45, 2.75) is 0 Å². The van der Waals surface area contributed by atoms with Gasteiger partial charge in [-0.3, -0.25) is 9.59 Å². The van der Waals surface area contributed by atoms with Gasteiger partial charge in [0.25, 0.3) is 11.8 Å². The van der Waals surface area contributed by atoms with Gasteiger partial charge >= 0.3 is 0 Å². The Morgan fingerprint density at radius 2 is 1.96 bits per heavy atom. The lowest BCUT2D eigenvalue weighted by atomic mass is 10.2. The van der Waals surface area contributed by atoms with Gasteiger partial charge in [0.15, 0.2) is 0 Å². The predicted octanol–water partition coefficient (Wildman–Crippen LogP) is 3.44. The van der Waals surface area contributed by atoms with Gasteiger partial charge in [-0.1, -0.05) is 48.0 Å². The minimum atomic E-state index is -0.473. The van der Waals surface area contributed by atoms with Crippen LogP contribution < -0.4 is 15.5 Å². The first-order valence-electron chi connectivity index (χ1n) is 7.88. The molecule has 0 atom stereocenters. The highest BCUT2D eigenvalue weighted by molar-refractivity contribution is 6.42. The summed E-state index contributed by atoms with van der Waals surface area (Å²) in [5.41, 5.74) is 3.38. The molecule has 140 valence electrons. The number of carbonyl (C=O) groups is 2. The van der Waals surface area contributed by atoms with Gasteiger partial charge in [-0.2, -0.15) is 5.10 Å². The molecular weight excluding hydrogens is 389 g/mol. The summed E-state index contributed by atoms with van der Waals surface area (Å²) >= 11 is 11.7. The topological polar surface area (TPSA) is 79.8 Å². The number of hydrogen-bond donors (Lipinski definition) is 2. The van der Waals surface area contributed by atoms with Crippen LogP contribution in [0.2, 0.25) is 10.0 Å². The molecule has 0 aliphatic heterocycles.